The molecule has 2 aromatic rings. The zero-order valence-electron chi connectivity index (χ0n) is 20.0. The first-order chi connectivity index (χ1) is 16.4. The summed E-state index contributed by atoms with van der Waals surface area (Å²) in [6.45, 7) is 4.41. The van der Waals surface area contributed by atoms with E-state index in [9.17, 15) is 9.59 Å². The Kier molecular flexibility index (Phi) is 10.6. The Balaban J connectivity index is 1.72. The number of carbonyl (C=O) groups is 2. The molecular weight excluding hydrogens is 487 g/mol. The van der Waals surface area contributed by atoms with Crippen molar-refractivity contribution in [1.82, 2.24) is 10.2 Å². The van der Waals surface area contributed by atoms with Gasteiger partial charge in [0.25, 0.3) is 0 Å². The van der Waals surface area contributed by atoms with Gasteiger partial charge in [-0.05, 0) is 49.4 Å². The third-order valence-electron chi connectivity index (χ3n) is 6.31. The van der Waals surface area contributed by atoms with Gasteiger partial charge in [-0.25, -0.2) is 0 Å². The molecule has 1 fully saturated rings. The molecule has 0 bridgehead atoms. The maximum Gasteiger partial charge on any atom is 0.243 e. The summed E-state index contributed by atoms with van der Waals surface area (Å²) in [4.78, 5) is 28.5. The van der Waals surface area contributed by atoms with E-state index >= 15 is 0 Å². The Bertz CT molecular complexity index is 959. The highest BCUT2D eigenvalue weighted by atomic mass is 35.5. The molecule has 0 aromatic heterocycles. The third-order valence-corrected chi connectivity index (χ3v) is 7.96. The number of halogens is 2. The molecule has 1 saturated carbocycles. The normalized spacial score (nSPS) is 15.1. The minimum absolute atomic E-state index is 0.0467. The molecule has 0 spiro atoms. The van der Waals surface area contributed by atoms with Crippen molar-refractivity contribution in [2.45, 2.75) is 76.8 Å². The predicted molar refractivity (Wildman–Crippen MR) is 143 cm³/mol. The fourth-order valence-corrected chi connectivity index (χ4v) is 6.11. The van der Waals surface area contributed by atoms with Crippen molar-refractivity contribution < 1.29 is 9.59 Å². The van der Waals surface area contributed by atoms with Gasteiger partial charge in [0.15, 0.2) is 0 Å². The first-order valence-corrected chi connectivity index (χ1v) is 14.0. The molecule has 2 amide bonds. The summed E-state index contributed by atoms with van der Waals surface area (Å²) in [6, 6.07) is 13.2. The van der Waals surface area contributed by atoms with Crippen LogP contribution in [0, 0.1) is 6.92 Å². The highest BCUT2D eigenvalue weighted by molar-refractivity contribution is 7.99. The van der Waals surface area contributed by atoms with Crippen LogP contribution in [0.1, 0.15) is 62.1 Å². The zero-order chi connectivity index (χ0) is 24.5. The van der Waals surface area contributed by atoms with E-state index in [4.69, 9.17) is 23.2 Å². The van der Waals surface area contributed by atoms with E-state index in [0.29, 0.717) is 28.8 Å². The van der Waals surface area contributed by atoms with E-state index in [1.54, 1.807) is 17.0 Å². The van der Waals surface area contributed by atoms with E-state index in [-0.39, 0.29) is 23.6 Å². The predicted octanol–water partition coefficient (Wildman–Crippen LogP) is 6.79. The number of nitrogens with zero attached hydrogens (tertiary/aromatic N) is 1. The quantitative estimate of drug-likeness (QED) is 0.375. The molecule has 2 aromatic carbocycles. The number of benzene rings is 2. The van der Waals surface area contributed by atoms with E-state index in [1.807, 2.05) is 38.1 Å². The smallest absolute Gasteiger partial charge is 0.243 e. The van der Waals surface area contributed by atoms with Gasteiger partial charge in [0, 0.05) is 28.4 Å². The Morgan fingerprint density at radius 3 is 2.41 bits per heavy atom. The van der Waals surface area contributed by atoms with Crippen LogP contribution in [0.3, 0.4) is 0 Å². The van der Waals surface area contributed by atoms with Crippen LogP contribution in [0.2, 0.25) is 10.0 Å². The van der Waals surface area contributed by atoms with Crippen LogP contribution in [0.5, 0.6) is 0 Å². The Morgan fingerprint density at radius 2 is 1.76 bits per heavy atom. The lowest BCUT2D eigenvalue weighted by molar-refractivity contribution is -0.139. The van der Waals surface area contributed by atoms with E-state index in [0.717, 1.165) is 42.4 Å². The van der Waals surface area contributed by atoms with Crippen LogP contribution in [0.4, 0.5) is 0 Å². The van der Waals surface area contributed by atoms with E-state index in [2.05, 4.69) is 11.4 Å². The van der Waals surface area contributed by atoms with Gasteiger partial charge in [0.1, 0.15) is 6.04 Å². The Morgan fingerprint density at radius 1 is 1.09 bits per heavy atom. The van der Waals surface area contributed by atoms with E-state index in [1.165, 1.54) is 18.2 Å². The SMILES string of the molecule is CCC(C(=O)NC1CCCCC1)N(Cc1cccc(C)c1)C(=O)CSCc1c(Cl)cccc1Cl. The standard InChI is InChI=1S/C27H34Cl2N2O2S/c1-3-25(27(33)30-21-11-5-4-6-12-21)31(16-20-10-7-9-19(2)15-20)26(32)18-34-17-22-23(28)13-8-14-24(22)29/h7-10,13-15,21,25H,3-6,11-12,16-18H2,1-2H3,(H,30,33). The van der Waals surface area contributed by atoms with Crippen molar-refractivity contribution in [2.24, 2.45) is 0 Å². The van der Waals surface area contributed by atoms with Crippen molar-refractivity contribution in [3.8, 4) is 0 Å². The summed E-state index contributed by atoms with van der Waals surface area (Å²) < 4.78 is 0. The molecule has 0 aliphatic heterocycles. The molecule has 4 nitrogen and oxygen atoms in total. The van der Waals surface area contributed by atoms with Gasteiger partial charge in [0.05, 0.1) is 5.75 Å². The topological polar surface area (TPSA) is 49.4 Å². The van der Waals surface area contributed by atoms with Crippen LogP contribution in [-0.4, -0.2) is 34.6 Å². The average molecular weight is 522 g/mol. The zero-order valence-corrected chi connectivity index (χ0v) is 22.3. The minimum Gasteiger partial charge on any atom is -0.352 e. The molecule has 0 heterocycles. The molecule has 1 aliphatic carbocycles. The second kappa shape index (κ2) is 13.4. The van der Waals surface area contributed by atoms with Crippen LogP contribution in [-0.2, 0) is 21.9 Å². The third kappa shape index (κ3) is 7.66. The number of hydrogen-bond donors (Lipinski definition) is 1. The lowest BCUT2D eigenvalue weighted by Crippen LogP contribution is -2.52. The summed E-state index contributed by atoms with van der Waals surface area (Å²) in [7, 11) is 0. The molecule has 0 radical (unpaired) electrons. The summed E-state index contributed by atoms with van der Waals surface area (Å²) in [5.41, 5.74) is 2.99. The number of hydrogen-bond acceptors (Lipinski definition) is 3. The van der Waals surface area contributed by atoms with Crippen LogP contribution < -0.4 is 5.32 Å². The van der Waals surface area contributed by atoms with E-state index < -0.39 is 6.04 Å². The molecule has 3 rings (SSSR count). The van der Waals surface area contributed by atoms with Gasteiger partial charge in [-0.15, -0.1) is 11.8 Å². The minimum atomic E-state index is -0.501. The first-order valence-electron chi connectivity index (χ1n) is 12.0. The van der Waals surface area contributed by atoms with Crippen molar-refractivity contribution in [2.75, 3.05) is 5.75 Å². The van der Waals surface area contributed by atoms with Gasteiger partial charge >= 0.3 is 0 Å². The monoisotopic (exact) mass is 520 g/mol. The second-order valence-corrected chi connectivity index (χ2v) is 10.8. The lowest BCUT2D eigenvalue weighted by atomic mass is 9.95. The molecule has 1 atom stereocenters. The van der Waals surface area contributed by atoms with Crippen molar-refractivity contribution in [3.05, 3.63) is 69.2 Å². The average Bonchev–Trinajstić information content (AvgIpc) is 2.81. The number of thioether (sulfide) groups is 1. The molecule has 7 heteroatoms. The van der Waals surface area contributed by atoms with Gasteiger partial charge in [-0.1, -0.05) is 85.3 Å². The highest BCUT2D eigenvalue weighted by Crippen LogP contribution is 2.28. The number of nitrogens with one attached hydrogen (secondary N) is 1. The number of amides is 2. The number of carbonyl (C=O) groups excluding carboxylic acids is 2. The summed E-state index contributed by atoms with van der Waals surface area (Å²) in [6.07, 6.45) is 6.13. The largest absolute Gasteiger partial charge is 0.352 e. The van der Waals surface area contributed by atoms with Gasteiger partial charge in [0.2, 0.25) is 11.8 Å². The van der Waals surface area contributed by atoms with Crippen molar-refractivity contribution in [1.29, 1.82) is 0 Å². The fourth-order valence-electron chi connectivity index (χ4n) is 4.46. The van der Waals surface area contributed by atoms with Crippen LogP contribution in [0.25, 0.3) is 0 Å². The molecular formula is C27H34Cl2N2O2S. The number of aryl methyl sites for hydroxylation is 1. The summed E-state index contributed by atoms with van der Waals surface area (Å²) in [5.74, 6) is 0.684. The Labute approximate surface area is 217 Å². The highest BCUT2D eigenvalue weighted by Gasteiger charge is 2.30. The molecule has 1 N–H and O–H groups in total. The van der Waals surface area contributed by atoms with Gasteiger partial charge in [-0.3, -0.25) is 9.59 Å². The maximum absolute atomic E-state index is 13.4. The molecule has 1 unspecified atom stereocenters. The fraction of sp³-hybridized carbons (Fsp3) is 0.481. The molecule has 0 saturated heterocycles. The lowest BCUT2D eigenvalue weighted by Gasteiger charge is -2.33. The molecule has 34 heavy (non-hydrogen) atoms. The maximum atomic E-state index is 13.4. The summed E-state index contributed by atoms with van der Waals surface area (Å²) >= 11 is 14.0. The summed E-state index contributed by atoms with van der Waals surface area (Å²) in [5, 5.41) is 4.42. The molecule has 184 valence electrons. The van der Waals surface area contributed by atoms with Gasteiger partial charge < -0.3 is 10.2 Å². The second-order valence-electron chi connectivity index (χ2n) is 8.97. The molecule has 1 aliphatic rings. The Hall–Kier alpha value is -1.69. The van der Waals surface area contributed by atoms with Gasteiger partial charge in [-0.2, -0.15) is 0 Å². The van der Waals surface area contributed by atoms with Crippen LogP contribution >= 0.6 is 35.0 Å². The van der Waals surface area contributed by atoms with Crippen molar-refractivity contribution in [3.63, 3.8) is 0 Å². The van der Waals surface area contributed by atoms with Crippen molar-refractivity contribution >= 4 is 46.8 Å². The van der Waals surface area contributed by atoms with Crippen LogP contribution in [0.15, 0.2) is 42.5 Å². The first kappa shape index (κ1) is 26.9. The number of rotatable bonds is 10.